The molecule has 0 saturated carbocycles. The van der Waals surface area contributed by atoms with Gasteiger partial charge in [-0.1, -0.05) is 31.5 Å². The average molecular weight is 354 g/mol. The number of aryl methyl sites for hydroxylation is 1. The van der Waals surface area contributed by atoms with E-state index in [-0.39, 0.29) is 22.2 Å². The topological polar surface area (TPSA) is 84.2 Å². The Bertz CT molecular complexity index is 789. The Hall–Kier alpha value is -2.41. The van der Waals surface area contributed by atoms with Gasteiger partial charge in [0.1, 0.15) is 11.5 Å². The number of carbonyl (C=O) groups excluding carboxylic acids is 1. The van der Waals surface area contributed by atoms with Gasteiger partial charge in [-0.3, -0.25) is 9.48 Å². The van der Waals surface area contributed by atoms with Gasteiger partial charge in [-0.25, -0.2) is 9.18 Å². The van der Waals surface area contributed by atoms with Crippen LogP contribution in [0.4, 0.5) is 4.39 Å². The maximum absolute atomic E-state index is 13.6. The number of hydrogen-bond acceptors (Lipinski definition) is 3. The highest BCUT2D eigenvalue weighted by atomic mass is 35.5. The minimum Gasteiger partial charge on any atom is -0.479 e. The molecule has 1 atom stereocenters. The molecule has 0 bridgehead atoms. The standard InChI is InChI=1S/C16H17ClFN3O3/c1-8(2)12-7-13(21(3)20-12)15(22)19-14(16(23)24)9-4-5-10(17)11(18)6-9/h4-8,14H,1-3H3,(H,19,22)(H,23,24). The number of carboxylic acid groups (broad SMARTS) is 1. The summed E-state index contributed by atoms with van der Waals surface area (Å²) >= 11 is 5.60. The Morgan fingerprint density at radius 3 is 2.50 bits per heavy atom. The van der Waals surface area contributed by atoms with Gasteiger partial charge in [-0.15, -0.1) is 0 Å². The normalized spacial score (nSPS) is 12.2. The fraction of sp³-hybridized carbons (Fsp3) is 0.312. The lowest BCUT2D eigenvalue weighted by Crippen LogP contribution is -2.34. The summed E-state index contributed by atoms with van der Waals surface area (Å²) < 4.78 is 14.9. The number of benzene rings is 1. The number of rotatable bonds is 5. The SMILES string of the molecule is CC(C)c1cc(C(=O)NC(C(=O)O)c2ccc(Cl)c(F)c2)n(C)n1. The maximum Gasteiger partial charge on any atom is 0.330 e. The van der Waals surface area contributed by atoms with Crippen LogP contribution in [0.15, 0.2) is 24.3 Å². The lowest BCUT2D eigenvalue weighted by atomic mass is 10.1. The van der Waals surface area contributed by atoms with Crippen LogP contribution < -0.4 is 5.32 Å². The van der Waals surface area contributed by atoms with Gasteiger partial charge in [0, 0.05) is 7.05 Å². The van der Waals surface area contributed by atoms with Crippen LogP contribution in [0.2, 0.25) is 5.02 Å². The summed E-state index contributed by atoms with van der Waals surface area (Å²) in [5.74, 6) is -2.55. The van der Waals surface area contributed by atoms with E-state index >= 15 is 0 Å². The highest BCUT2D eigenvalue weighted by molar-refractivity contribution is 6.30. The number of carbonyl (C=O) groups is 2. The van der Waals surface area contributed by atoms with E-state index in [1.165, 1.54) is 16.8 Å². The summed E-state index contributed by atoms with van der Waals surface area (Å²) in [4.78, 5) is 23.9. The molecule has 0 aliphatic rings. The zero-order valence-corrected chi connectivity index (χ0v) is 14.1. The molecule has 1 amide bonds. The molecule has 0 saturated heterocycles. The smallest absolute Gasteiger partial charge is 0.330 e. The third kappa shape index (κ3) is 3.73. The third-order valence-corrected chi connectivity index (χ3v) is 3.83. The van der Waals surface area contributed by atoms with Gasteiger partial charge in [0.05, 0.1) is 10.7 Å². The summed E-state index contributed by atoms with van der Waals surface area (Å²) in [5.41, 5.74) is 1.02. The predicted octanol–water partition coefficient (Wildman–Crippen LogP) is 2.89. The maximum atomic E-state index is 13.6. The fourth-order valence-corrected chi connectivity index (χ4v) is 2.29. The lowest BCUT2D eigenvalue weighted by molar-refractivity contribution is -0.139. The van der Waals surface area contributed by atoms with Crippen molar-refractivity contribution in [2.75, 3.05) is 0 Å². The van der Waals surface area contributed by atoms with Crippen molar-refractivity contribution in [2.24, 2.45) is 7.05 Å². The van der Waals surface area contributed by atoms with E-state index < -0.39 is 23.7 Å². The Morgan fingerprint density at radius 2 is 2.00 bits per heavy atom. The van der Waals surface area contributed by atoms with E-state index in [1.807, 2.05) is 13.8 Å². The molecule has 1 aromatic carbocycles. The first kappa shape index (κ1) is 17.9. The van der Waals surface area contributed by atoms with Crippen molar-refractivity contribution >= 4 is 23.5 Å². The zero-order chi connectivity index (χ0) is 18.0. The van der Waals surface area contributed by atoms with Crippen molar-refractivity contribution in [3.8, 4) is 0 Å². The highest BCUT2D eigenvalue weighted by Crippen LogP contribution is 2.21. The van der Waals surface area contributed by atoms with Crippen LogP contribution in [0.1, 0.15) is 47.6 Å². The molecule has 8 heteroatoms. The molecule has 0 radical (unpaired) electrons. The van der Waals surface area contributed by atoms with E-state index in [9.17, 15) is 19.1 Å². The summed E-state index contributed by atoms with van der Waals surface area (Å²) in [6.45, 7) is 3.86. The first-order valence-corrected chi connectivity index (χ1v) is 7.61. The monoisotopic (exact) mass is 353 g/mol. The summed E-state index contributed by atoms with van der Waals surface area (Å²) in [6, 6.07) is 3.79. The molecule has 2 aromatic rings. The minimum atomic E-state index is -1.40. The highest BCUT2D eigenvalue weighted by Gasteiger charge is 2.25. The number of amides is 1. The number of nitrogens with one attached hydrogen (secondary N) is 1. The van der Waals surface area contributed by atoms with E-state index in [4.69, 9.17) is 11.6 Å². The van der Waals surface area contributed by atoms with Gasteiger partial charge in [0.25, 0.3) is 5.91 Å². The van der Waals surface area contributed by atoms with Crippen LogP contribution in [0.3, 0.4) is 0 Å². The van der Waals surface area contributed by atoms with Gasteiger partial charge in [0.2, 0.25) is 0 Å². The Morgan fingerprint density at radius 1 is 1.33 bits per heavy atom. The molecule has 24 heavy (non-hydrogen) atoms. The van der Waals surface area contributed by atoms with Gasteiger partial charge >= 0.3 is 5.97 Å². The molecule has 1 heterocycles. The van der Waals surface area contributed by atoms with Crippen LogP contribution in [-0.2, 0) is 11.8 Å². The third-order valence-electron chi connectivity index (χ3n) is 3.52. The molecule has 0 spiro atoms. The van der Waals surface area contributed by atoms with Crippen LogP contribution in [0.25, 0.3) is 0 Å². The molecular formula is C16H17ClFN3O3. The molecule has 1 unspecified atom stereocenters. The Balaban J connectivity index is 2.29. The van der Waals surface area contributed by atoms with E-state index in [1.54, 1.807) is 13.1 Å². The van der Waals surface area contributed by atoms with E-state index in [2.05, 4.69) is 10.4 Å². The van der Waals surface area contributed by atoms with Crippen LogP contribution >= 0.6 is 11.6 Å². The second-order valence-corrected chi connectivity index (χ2v) is 6.06. The summed E-state index contributed by atoms with van der Waals surface area (Å²) in [6.07, 6.45) is 0. The largest absolute Gasteiger partial charge is 0.479 e. The number of halogens is 2. The van der Waals surface area contributed by atoms with Gasteiger partial charge in [0.15, 0.2) is 6.04 Å². The van der Waals surface area contributed by atoms with Gasteiger partial charge in [-0.05, 0) is 29.7 Å². The number of aromatic nitrogens is 2. The molecular weight excluding hydrogens is 337 g/mol. The van der Waals surface area contributed by atoms with Crippen LogP contribution in [0, 0.1) is 5.82 Å². The second kappa shape index (κ2) is 7.00. The Kier molecular flexibility index (Phi) is 5.23. The van der Waals surface area contributed by atoms with Crippen molar-refractivity contribution in [3.63, 3.8) is 0 Å². The lowest BCUT2D eigenvalue weighted by Gasteiger charge is -2.15. The fourth-order valence-electron chi connectivity index (χ4n) is 2.17. The first-order valence-electron chi connectivity index (χ1n) is 7.23. The van der Waals surface area contributed by atoms with Crippen LogP contribution in [0.5, 0.6) is 0 Å². The first-order chi connectivity index (χ1) is 11.2. The van der Waals surface area contributed by atoms with E-state index in [0.29, 0.717) is 5.69 Å². The molecule has 6 nitrogen and oxygen atoms in total. The van der Waals surface area contributed by atoms with Crippen molar-refractivity contribution in [2.45, 2.75) is 25.8 Å². The van der Waals surface area contributed by atoms with Crippen molar-refractivity contribution < 1.29 is 19.1 Å². The van der Waals surface area contributed by atoms with Crippen molar-refractivity contribution in [1.82, 2.24) is 15.1 Å². The van der Waals surface area contributed by atoms with E-state index in [0.717, 1.165) is 6.07 Å². The van der Waals surface area contributed by atoms with Gasteiger partial charge < -0.3 is 10.4 Å². The van der Waals surface area contributed by atoms with Crippen LogP contribution in [-0.4, -0.2) is 26.8 Å². The zero-order valence-electron chi connectivity index (χ0n) is 13.4. The molecule has 0 aliphatic heterocycles. The van der Waals surface area contributed by atoms with Crippen molar-refractivity contribution in [1.29, 1.82) is 0 Å². The molecule has 128 valence electrons. The van der Waals surface area contributed by atoms with Crippen molar-refractivity contribution in [3.05, 3.63) is 52.1 Å². The minimum absolute atomic E-state index is 0.0870. The second-order valence-electron chi connectivity index (χ2n) is 5.65. The summed E-state index contributed by atoms with van der Waals surface area (Å²) in [7, 11) is 1.60. The molecule has 2 N–H and O–H groups in total. The average Bonchev–Trinajstić information content (AvgIpc) is 2.89. The summed E-state index contributed by atoms with van der Waals surface area (Å²) in [5, 5.41) is 15.8. The molecule has 2 rings (SSSR count). The number of nitrogens with zero attached hydrogens (tertiary/aromatic N) is 2. The Labute approximate surface area is 143 Å². The molecule has 0 fully saturated rings. The number of aliphatic carboxylic acids is 1. The molecule has 0 aliphatic carbocycles. The quantitative estimate of drug-likeness (QED) is 0.865. The van der Waals surface area contributed by atoms with Gasteiger partial charge in [-0.2, -0.15) is 5.10 Å². The molecule has 1 aromatic heterocycles. The predicted molar refractivity (Wildman–Crippen MR) is 86.6 cm³/mol. The number of hydrogen-bond donors (Lipinski definition) is 2. The number of carboxylic acids is 1.